The maximum Gasteiger partial charge on any atom is 0.325 e. The van der Waals surface area contributed by atoms with Gasteiger partial charge >= 0.3 is 6.03 Å². The number of amides is 4. The van der Waals surface area contributed by atoms with E-state index in [9.17, 15) is 14.4 Å². The van der Waals surface area contributed by atoms with Crippen LogP contribution in [0.3, 0.4) is 0 Å². The van der Waals surface area contributed by atoms with E-state index in [1.807, 2.05) is 74.1 Å². The van der Waals surface area contributed by atoms with Crippen LogP contribution in [0.1, 0.15) is 46.3 Å². The summed E-state index contributed by atoms with van der Waals surface area (Å²) in [5.41, 5.74) is 3.06. The number of rotatable bonds is 8. The number of carbonyl (C=O) groups is 3. The van der Waals surface area contributed by atoms with Crippen molar-refractivity contribution in [2.24, 2.45) is 5.92 Å². The molecule has 4 rings (SSSR count). The van der Waals surface area contributed by atoms with Crippen LogP contribution in [0.4, 0.5) is 4.79 Å². The van der Waals surface area contributed by atoms with Crippen LogP contribution in [0.15, 0.2) is 48.5 Å². The van der Waals surface area contributed by atoms with Crippen molar-refractivity contribution in [3.05, 3.63) is 70.8 Å². The number of piperidine rings is 1. The minimum absolute atomic E-state index is 0.0230. The molecule has 0 radical (unpaired) electrons. The Bertz CT molecular complexity index is 1110. The number of imide groups is 1. The lowest BCUT2D eigenvalue weighted by Crippen LogP contribution is -2.57. The molecule has 7 nitrogen and oxygen atoms in total. The first-order chi connectivity index (χ1) is 17.2. The monoisotopic (exact) mass is 490 g/mol. The van der Waals surface area contributed by atoms with Gasteiger partial charge < -0.3 is 15.1 Å². The van der Waals surface area contributed by atoms with Crippen LogP contribution >= 0.6 is 0 Å². The summed E-state index contributed by atoms with van der Waals surface area (Å²) in [6.45, 7) is 6.14. The van der Waals surface area contributed by atoms with Crippen LogP contribution in [0.5, 0.6) is 0 Å². The van der Waals surface area contributed by atoms with Gasteiger partial charge in [0.25, 0.3) is 11.8 Å². The van der Waals surface area contributed by atoms with E-state index in [-0.39, 0.29) is 23.8 Å². The van der Waals surface area contributed by atoms with E-state index in [0.717, 1.165) is 22.3 Å². The zero-order chi connectivity index (χ0) is 25.9. The number of likely N-dealkylation sites (tertiary alicyclic amines) is 1. The lowest BCUT2D eigenvalue weighted by atomic mass is 9.74. The van der Waals surface area contributed by atoms with Crippen molar-refractivity contribution in [2.45, 2.75) is 45.1 Å². The molecule has 1 N–H and O–H groups in total. The minimum Gasteiger partial charge on any atom is -0.339 e. The van der Waals surface area contributed by atoms with Gasteiger partial charge in [0.1, 0.15) is 5.54 Å². The SMILES string of the molecule is Cc1ccc(C(=O)N2CCC(C3(CCc4ccccc4)NC(=O)N(CCN(C)C)C3=O)CC2)c(C)c1. The Morgan fingerprint density at radius 2 is 1.75 bits per heavy atom. The summed E-state index contributed by atoms with van der Waals surface area (Å²) >= 11 is 0. The summed E-state index contributed by atoms with van der Waals surface area (Å²) < 4.78 is 0. The number of nitrogens with one attached hydrogen (secondary N) is 1. The van der Waals surface area contributed by atoms with Gasteiger partial charge in [-0.25, -0.2) is 4.79 Å². The van der Waals surface area contributed by atoms with Gasteiger partial charge in [0.05, 0.1) is 0 Å². The molecule has 4 amide bonds. The fourth-order valence-corrected chi connectivity index (χ4v) is 5.58. The zero-order valence-electron chi connectivity index (χ0n) is 21.9. The molecule has 0 bridgehead atoms. The Labute approximate surface area is 214 Å². The van der Waals surface area contributed by atoms with E-state index in [0.29, 0.717) is 51.9 Å². The fraction of sp³-hybridized carbons (Fsp3) is 0.483. The highest BCUT2D eigenvalue weighted by Gasteiger charge is 2.55. The Hall–Kier alpha value is -3.19. The van der Waals surface area contributed by atoms with Gasteiger partial charge in [-0.1, -0.05) is 48.0 Å². The van der Waals surface area contributed by atoms with Crippen molar-refractivity contribution in [1.82, 2.24) is 20.0 Å². The van der Waals surface area contributed by atoms with Crippen LogP contribution in [0.25, 0.3) is 0 Å². The van der Waals surface area contributed by atoms with Crippen molar-refractivity contribution in [3.63, 3.8) is 0 Å². The summed E-state index contributed by atoms with van der Waals surface area (Å²) in [5.74, 6) is -0.103. The Morgan fingerprint density at radius 3 is 2.39 bits per heavy atom. The van der Waals surface area contributed by atoms with E-state index in [4.69, 9.17) is 0 Å². The molecule has 7 heteroatoms. The largest absolute Gasteiger partial charge is 0.339 e. The number of carbonyl (C=O) groups excluding carboxylic acids is 3. The third-order valence-electron chi connectivity index (χ3n) is 7.71. The average Bonchev–Trinajstić information content (AvgIpc) is 3.11. The normalized spacial score (nSPS) is 20.8. The van der Waals surface area contributed by atoms with Crippen molar-refractivity contribution in [3.8, 4) is 0 Å². The standard InChI is InChI=1S/C29H38N4O3/c1-21-10-11-25(22(2)20-21)26(34)32-16-13-24(14-17-32)29(15-12-23-8-6-5-7-9-23)27(35)33(28(36)30-29)19-18-31(3)4/h5-11,20,24H,12-19H2,1-4H3,(H,30,36). The number of nitrogens with zero attached hydrogens (tertiary/aromatic N) is 3. The van der Waals surface area contributed by atoms with Crippen LogP contribution in [-0.2, 0) is 11.2 Å². The molecule has 0 aliphatic carbocycles. The third-order valence-corrected chi connectivity index (χ3v) is 7.71. The highest BCUT2D eigenvalue weighted by molar-refractivity contribution is 6.07. The lowest BCUT2D eigenvalue weighted by molar-refractivity contribution is -0.134. The summed E-state index contributed by atoms with van der Waals surface area (Å²) in [6.07, 6.45) is 2.61. The molecule has 0 aromatic heterocycles. The topological polar surface area (TPSA) is 73.0 Å². The maximum absolute atomic E-state index is 13.8. The van der Waals surface area contributed by atoms with E-state index < -0.39 is 5.54 Å². The Balaban J connectivity index is 1.52. The number of aryl methyl sites for hydroxylation is 3. The lowest BCUT2D eigenvalue weighted by Gasteiger charge is -2.41. The van der Waals surface area contributed by atoms with Crippen LogP contribution in [0, 0.1) is 19.8 Å². The highest BCUT2D eigenvalue weighted by atomic mass is 16.2. The molecule has 0 spiro atoms. The first-order valence-electron chi connectivity index (χ1n) is 12.9. The molecule has 2 aliphatic heterocycles. The van der Waals surface area contributed by atoms with Crippen LogP contribution in [-0.4, -0.2) is 78.4 Å². The molecule has 2 aliphatic rings. The fourth-order valence-electron chi connectivity index (χ4n) is 5.58. The smallest absolute Gasteiger partial charge is 0.325 e. The highest BCUT2D eigenvalue weighted by Crippen LogP contribution is 2.37. The quantitative estimate of drug-likeness (QED) is 0.574. The summed E-state index contributed by atoms with van der Waals surface area (Å²) in [5, 5.41) is 3.14. The van der Waals surface area contributed by atoms with E-state index >= 15 is 0 Å². The molecule has 2 aromatic carbocycles. The van der Waals surface area contributed by atoms with E-state index in [1.165, 1.54) is 4.90 Å². The predicted octanol–water partition coefficient (Wildman–Crippen LogP) is 3.64. The van der Waals surface area contributed by atoms with Crippen LogP contribution < -0.4 is 5.32 Å². The molecule has 2 fully saturated rings. The Kier molecular flexibility index (Phi) is 7.79. The second kappa shape index (κ2) is 10.8. The molecule has 2 heterocycles. The molecule has 1 atom stereocenters. The molecular weight excluding hydrogens is 452 g/mol. The molecule has 36 heavy (non-hydrogen) atoms. The van der Waals surface area contributed by atoms with Crippen molar-refractivity contribution >= 4 is 17.8 Å². The van der Waals surface area contributed by atoms with Gasteiger partial charge in [-0.2, -0.15) is 0 Å². The first kappa shape index (κ1) is 25.9. The van der Waals surface area contributed by atoms with E-state index in [2.05, 4.69) is 17.4 Å². The number of hydrogen-bond acceptors (Lipinski definition) is 4. The second-order valence-corrected chi connectivity index (χ2v) is 10.5. The van der Waals surface area contributed by atoms with Crippen molar-refractivity contribution < 1.29 is 14.4 Å². The van der Waals surface area contributed by atoms with Gasteiger partial charge in [0.2, 0.25) is 0 Å². The Morgan fingerprint density at radius 1 is 1.06 bits per heavy atom. The molecule has 192 valence electrons. The van der Waals surface area contributed by atoms with Gasteiger partial charge in [0, 0.05) is 31.7 Å². The summed E-state index contributed by atoms with van der Waals surface area (Å²) in [4.78, 5) is 45.3. The van der Waals surface area contributed by atoms with Gasteiger partial charge in [0.15, 0.2) is 0 Å². The first-order valence-corrected chi connectivity index (χ1v) is 12.9. The van der Waals surface area contributed by atoms with Gasteiger partial charge in [-0.05, 0) is 76.7 Å². The number of urea groups is 1. The zero-order valence-corrected chi connectivity index (χ0v) is 21.9. The van der Waals surface area contributed by atoms with Crippen molar-refractivity contribution in [2.75, 3.05) is 40.3 Å². The van der Waals surface area contributed by atoms with Crippen molar-refractivity contribution in [1.29, 1.82) is 0 Å². The third kappa shape index (κ3) is 5.31. The summed E-state index contributed by atoms with van der Waals surface area (Å²) in [7, 11) is 3.87. The number of likely N-dealkylation sites (N-methyl/N-ethyl adjacent to an activating group) is 1. The summed E-state index contributed by atoms with van der Waals surface area (Å²) in [6, 6.07) is 15.7. The molecular formula is C29H38N4O3. The number of benzene rings is 2. The second-order valence-electron chi connectivity index (χ2n) is 10.5. The molecule has 2 saturated heterocycles. The van der Waals surface area contributed by atoms with Gasteiger partial charge in [-0.15, -0.1) is 0 Å². The van der Waals surface area contributed by atoms with Gasteiger partial charge in [-0.3, -0.25) is 14.5 Å². The molecule has 2 aromatic rings. The molecule has 1 unspecified atom stereocenters. The minimum atomic E-state index is -0.936. The molecule has 0 saturated carbocycles. The average molecular weight is 491 g/mol. The van der Waals surface area contributed by atoms with Crippen LogP contribution in [0.2, 0.25) is 0 Å². The predicted molar refractivity (Wildman–Crippen MR) is 141 cm³/mol. The number of hydrogen-bond donors (Lipinski definition) is 1. The van der Waals surface area contributed by atoms with E-state index in [1.54, 1.807) is 0 Å². The maximum atomic E-state index is 13.8.